The minimum atomic E-state index is 0.331. The van der Waals surface area contributed by atoms with Gasteiger partial charge in [-0.25, -0.2) is 4.98 Å². The molecule has 2 aliphatic rings. The monoisotopic (exact) mass is 409 g/mol. The molecule has 7 heteroatoms. The Labute approximate surface area is 178 Å². The molecule has 1 saturated heterocycles. The van der Waals surface area contributed by atoms with Crippen molar-refractivity contribution in [3.8, 4) is 11.6 Å². The molecule has 0 bridgehead atoms. The van der Waals surface area contributed by atoms with Crippen LogP contribution in [-0.2, 0) is 6.54 Å². The molecule has 1 aliphatic heterocycles. The number of aromatic nitrogens is 1. The first-order chi connectivity index (χ1) is 14.7. The summed E-state index contributed by atoms with van der Waals surface area (Å²) in [4.78, 5) is 11.1. The van der Waals surface area contributed by atoms with E-state index in [0.29, 0.717) is 18.5 Å². The first-order valence-electron chi connectivity index (χ1n) is 10.7. The number of hydrogen-bond acceptors (Lipinski definition) is 5. The van der Waals surface area contributed by atoms with Gasteiger partial charge in [-0.1, -0.05) is 18.2 Å². The molecule has 4 rings (SSSR count). The van der Waals surface area contributed by atoms with Gasteiger partial charge in [-0.3, -0.25) is 4.99 Å². The largest absolute Gasteiger partial charge is 0.495 e. The highest BCUT2D eigenvalue weighted by molar-refractivity contribution is 5.80. The molecule has 1 aromatic heterocycles. The summed E-state index contributed by atoms with van der Waals surface area (Å²) >= 11 is 0. The van der Waals surface area contributed by atoms with E-state index >= 15 is 0 Å². The Bertz CT molecular complexity index is 851. The molecule has 1 unspecified atom stereocenters. The number of aliphatic imine (C=N–C) groups is 1. The maximum absolute atomic E-state index is 5.70. The fraction of sp³-hybridized carbons (Fsp3) is 0.478. The van der Waals surface area contributed by atoms with Gasteiger partial charge in [0.25, 0.3) is 0 Å². The molecule has 1 atom stereocenters. The number of rotatable bonds is 8. The molecule has 0 spiro atoms. The van der Waals surface area contributed by atoms with Crippen LogP contribution in [0.15, 0.2) is 47.6 Å². The molecule has 1 saturated carbocycles. The number of ether oxygens (including phenoxy) is 2. The second-order valence-corrected chi connectivity index (χ2v) is 7.93. The first-order valence-corrected chi connectivity index (χ1v) is 10.7. The number of pyridine rings is 1. The van der Waals surface area contributed by atoms with Gasteiger partial charge in [0.1, 0.15) is 5.75 Å². The van der Waals surface area contributed by atoms with Gasteiger partial charge in [0.2, 0.25) is 5.88 Å². The van der Waals surface area contributed by atoms with Crippen LogP contribution in [0.4, 0.5) is 5.69 Å². The van der Waals surface area contributed by atoms with E-state index in [1.54, 1.807) is 14.2 Å². The van der Waals surface area contributed by atoms with Gasteiger partial charge in [-0.05, 0) is 42.9 Å². The summed E-state index contributed by atoms with van der Waals surface area (Å²) in [5.41, 5.74) is 2.24. The summed E-state index contributed by atoms with van der Waals surface area (Å²) in [5, 5.41) is 6.92. The molecule has 2 N–H and O–H groups in total. The van der Waals surface area contributed by atoms with Gasteiger partial charge in [0.05, 0.1) is 19.4 Å². The van der Waals surface area contributed by atoms with Gasteiger partial charge < -0.3 is 25.0 Å². The molecule has 7 nitrogen and oxygen atoms in total. The fourth-order valence-electron chi connectivity index (χ4n) is 3.65. The van der Waals surface area contributed by atoms with Crippen LogP contribution in [0.25, 0.3) is 0 Å². The van der Waals surface area contributed by atoms with E-state index in [1.165, 1.54) is 12.8 Å². The maximum Gasteiger partial charge on any atom is 0.213 e. The zero-order valence-corrected chi connectivity index (χ0v) is 17.8. The lowest BCUT2D eigenvalue weighted by Crippen LogP contribution is -2.44. The zero-order chi connectivity index (χ0) is 20.8. The standard InChI is InChI=1S/C23H31N5O2/c1-24-23(26-14-18-9-10-22(25-13-18)30-16-17-7-8-17)27-19-11-12-28(15-19)20-5-3-4-6-21(20)29-2/h3-6,9-10,13,17,19H,7-8,11-12,14-16H2,1-2H3,(H2,24,26,27). The Morgan fingerprint density at radius 2 is 2.07 bits per heavy atom. The lowest BCUT2D eigenvalue weighted by atomic mass is 10.2. The van der Waals surface area contributed by atoms with Gasteiger partial charge in [-0.15, -0.1) is 0 Å². The number of nitrogens with one attached hydrogen (secondary N) is 2. The summed E-state index contributed by atoms with van der Waals surface area (Å²) in [6.07, 6.45) is 5.48. The second-order valence-electron chi connectivity index (χ2n) is 7.93. The van der Waals surface area contributed by atoms with Gasteiger partial charge in [-0.2, -0.15) is 0 Å². The molecule has 0 radical (unpaired) electrons. The maximum atomic E-state index is 5.70. The van der Waals surface area contributed by atoms with Crippen LogP contribution in [-0.4, -0.2) is 50.8 Å². The lowest BCUT2D eigenvalue weighted by molar-refractivity contribution is 0.288. The number of para-hydroxylation sites is 2. The summed E-state index contributed by atoms with van der Waals surface area (Å²) < 4.78 is 11.2. The first kappa shape index (κ1) is 20.3. The average molecular weight is 410 g/mol. The van der Waals surface area contributed by atoms with E-state index in [1.807, 2.05) is 24.4 Å². The van der Waals surface area contributed by atoms with E-state index in [0.717, 1.165) is 55.0 Å². The van der Waals surface area contributed by atoms with Crippen LogP contribution in [0.1, 0.15) is 24.8 Å². The zero-order valence-electron chi connectivity index (χ0n) is 17.8. The summed E-state index contributed by atoms with van der Waals surface area (Å²) in [5.74, 6) is 3.15. The number of nitrogens with zero attached hydrogens (tertiary/aromatic N) is 3. The summed E-state index contributed by atoms with van der Waals surface area (Å²) in [7, 11) is 3.52. The smallest absolute Gasteiger partial charge is 0.213 e. The molecular formula is C23H31N5O2. The van der Waals surface area contributed by atoms with Crippen LogP contribution in [0.3, 0.4) is 0 Å². The second kappa shape index (κ2) is 9.69. The Kier molecular flexibility index (Phi) is 6.57. The third-order valence-electron chi connectivity index (χ3n) is 5.60. The van der Waals surface area contributed by atoms with Crippen LogP contribution in [0.2, 0.25) is 0 Å². The highest BCUT2D eigenvalue weighted by atomic mass is 16.5. The van der Waals surface area contributed by atoms with Crippen molar-refractivity contribution in [3.05, 3.63) is 48.2 Å². The van der Waals surface area contributed by atoms with Crippen LogP contribution in [0.5, 0.6) is 11.6 Å². The number of hydrogen-bond donors (Lipinski definition) is 2. The normalized spacial score (nSPS) is 18.9. The highest BCUT2D eigenvalue weighted by Crippen LogP contribution is 2.30. The van der Waals surface area contributed by atoms with Crippen molar-refractivity contribution in [1.29, 1.82) is 0 Å². The predicted octanol–water partition coefficient (Wildman–Crippen LogP) is 2.82. The summed E-state index contributed by atoms with van der Waals surface area (Å²) in [6.45, 7) is 3.35. The number of guanidine groups is 1. The van der Waals surface area contributed by atoms with Crippen LogP contribution >= 0.6 is 0 Å². The van der Waals surface area contributed by atoms with E-state index < -0.39 is 0 Å². The molecular weight excluding hydrogens is 378 g/mol. The Morgan fingerprint density at radius 3 is 2.80 bits per heavy atom. The SMILES string of the molecule is CN=C(NCc1ccc(OCC2CC2)nc1)NC1CCN(c2ccccc2OC)C1. The molecule has 0 amide bonds. The van der Waals surface area contributed by atoms with E-state index in [2.05, 4.69) is 43.7 Å². The fourth-order valence-corrected chi connectivity index (χ4v) is 3.65. The third kappa shape index (κ3) is 5.34. The van der Waals surface area contributed by atoms with E-state index in [9.17, 15) is 0 Å². The van der Waals surface area contributed by atoms with E-state index in [4.69, 9.17) is 9.47 Å². The molecule has 160 valence electrons. The number of benzene rings is 1. The van der Waals surface area contributed by atoms with Crippen molar-refractivity contribution >= 4 is 11.6 Å². The molecule has 1 aromatic carbocycles. The molecule has 2 aromatic rings. The molecule has 2 heterocycles. The topological polar surface area (TPSA) is 71.0 Å². The Balaban J connectivity index is 1.25. The van der Waals surface area contributed by atoms with Gasteiger partial charge in [0.15, 0.2) is 5.96 Å². The quantitative estimate of drug-likeness (QED) is 0.516. The summed E-state index contributed by atoms with van der Waals surface area (Å²) in [6, 6.07) is 12.5. The van der Waals surface area contributed by atoms with Crippen molar-refractivity contribution in [3.63, 3.8) is 0 Å². The number of anilines is 1. The Hall–Kier alpha value is -2.96. The highest BCUT2D eigenvalue weighted by Gasteiger charge is 2.25. The number of methoxy groups -OCH3 is 1. The van der Waals surface area contributed by atoms with E-state index in [-0.39, 0.29) is 0 Å². The average Bonchev–Trinajstić information content (AvgIpc) is 3.52. The Morgan fingerprint density at radius 1 is 1.20 bits per heavy atom. The van der Waals surface area contributed by atoms with Crippen LogP contribution in [0, 0.1) is 5.92 Å². The molecule has 1 aliphatic carbocycles. The van der Waals surface area contributed by atoms with Crippen molar-refractivity contribution in [2.75, 3.05) is 38.8 Å². The van der Waals surface area contributed by atoms with Crippen molar-refractivity contribution < 1.29 is 9.47 Å². The van der Waals surface area contributed by atoms with Crippen molar-refractivity contribution in [2.45, 2.75) is 31.8 Å². The van der Waals surface area contributed by atoms with Gasteiger partial charge in [0, 0.05) is 45.0 Å². The minimum Gasteiger partial charge on any atom is -0.495 e. The van der Waals surface area contributed by atoms with Gasteiger partial charge >= 0.3 is 0 Å². The van der Waals surface area contributed by atoms with Crippen molar-refractivity contribution in [2.24, 2.45) is 10.9 Å². The lowest BCUT2D eigenvalue weighted by Gasteiger charge is -2.22. The van der Waals surface area contributed by atoms with Crippen molar-refractivity contribution in [1.82, 2.24) is 15.6 Å². The third-order valence-corrected chi connectivity index (χ3v) is 5.60. The molecule has 2 fully saturated rings. The minimum absolute atomic E-state index is 0.331. The predicted molar refractivity (Wildman–Crippen MR) is 119 cm³/mol. The molecule has 30 heavy (non-hydrogen) atoms. The van der Waals surface area contributed by atoms with Crippen LogP contribution < -0.4 is 25.0 Å².